The average Bonchev–Trinajstić information content (AvgIpc) is 2.04. The predicted octanol–water partition coefficient (Wildman–Crippen LogP) is 0.937. The summed E-state index contributed by atoms with van der Waals surface area (Å²) in [6.45, 7) is 1.92. The summed E-state index contributed by atoms with van der Waals surface area (Å²) >= 11 is 0. The fraction of sp³-hybridized carbons (Fsp3) is 0.125. The number of nitrogens with two attached hydrogens (primary N) is 1. The molecule has 0 aromatic heterocycles. The molecule has 0 amide bonds. The Kier molecular flexibility index (Phi) is 1.71. The lowest BCUT2D eigenvalue weighted by molar-refractivity contribution is 1.51. The van der Waals surface area contributed by atoms with E-state index in [0.29, 0.717) is 5.69 Å². The van der Waals surface area contributed by atoms with Crippen LogP contribution in [0.4, 0.5) is 5.69 Å². The molecule has 1 aromatic rings. The summed E-state index contributed by atoms with van der Waals surface area (Å²) in [6.07, 6.45) is 0. The molecular weight excluding hydrogens is 126 g/mol. The number of hydrogen-bond donors (Lipinski definition) is 1. The lowest BCUT2D eigenvalue weighted by Gasteiger charge is -1.77. The van der Waals surface area contributed by atoms with Crippen LogP contribution in [0.25, 0.3) is 0 Å². The fourth-order valence-corrected chi connectivity index (χ4v) is 0.662. The predicted molar refractivity (Wildman–Crippen MR) is 41.9 cm³/mol. The van der Waals surface area contributed by atoms with Gasteiger partial charge in [-0.15, -0.1) is 0 Å². The minimum Gasteiger partial charge on any atom is -0.396 e. The molecule has 0 fully saturated rings. The highest BCUT2D eigenvalue weighted by molar-refractivity contribution is 5.36. The molecule has 0 bridgehead atoms. The summed E-state index contributed by atoms with van der Waals surface area (Å²) in [4.78, 5) is 10.8. The van der Waals surface area contributed by atoms with Crippen LogP contribution in [0.2, 0.25) is 0 Å². The molecule has 0 heterocycles. The van der Waals surface area contributed by atoms with E-state index in [4.69, 9.17) is 5.73 Å². The van der Waals surface area contributed by atoms with Crippen LogP contribution in [0.3, 0.4) is 0 Å². The molecule has 2 nitrogen and oxygen atoms in total. The van der Waals surface area contributed by atoms with Crippen molar-refractivity contribution in [1.82, 2.24) is 0 Å². The van der Waals surface area contributed by atoms with Crippen LogP contribution >= 0.6 is 0 Å². The lowest BCUT2D eigenvalue weighted by Crippen LogP contribution is -2.01. The molecule has 10 heavy (non-hydrogen) atoms. The normalized spacial score (nSPS) is 9.30. The number of rotatable bonds is 0. The second-order valence-electron chi connectivity index (χ2n) is 2.23. The first-order valence-electron chi connectivity index (χ1n) is 3.06. The summed E-state index contributed by atoms with van der Waals surface area (Å²) in [5.41, 5.74) is 6.57. The first-order chi connectivity index (χ1) is 4.70. The molecule has 0 unspecified atom stereocenters. The molecule has 0 spiro atoms. The monoisotopic (exact) mass is 135 g/mol. The average molecular weight is 135 g/mol. The smallest absolute Gasteiger partial charge is 0.201 e. The van der Waals surface area contributed by atoms with E-state index in [1.165, 1.54) is 6.07 Å². The topological polar surface area (TPSA) is 43.1 Å². The van der Waals surface area contributed by atoms with E-state index in [0.717, 1.165) is 5.56 Å². The van der Waals surface area contributed by atoms with Crippen molar-refractivity contribution in [3.8, 4) is 0 Å². The van der Waals surface area contributed by atoms with Crippen molar-refractivity contribution >= 4 is 5.69 Å². The summed E-state index contributed by atoms with van der Waals surface area (Å²) in [5.74, 6) is 0. The highest BCUT2D eigenvalue weighted by Crippen LogP contribution is 1.94. The Balaban J connectivity index is 3.43. The number of nitrogen functional groups attached to an aromatic ring is 1. The first-order valence-corrected chi connectivity index (χ1v) is 3.06. The Bertz CT molecular complexity index is 293. The second-order valence-corrected chi connectivity index (χ2v) is 2.23. The van der Waals surface area contributed by atoms with E-state index in [9.17, 15) is 4.79 Å². The van der Waals surface area contributed by atoms with Crippen LogP contribution in [0.5, 0.6) is 0 Å². The minimum atomic E-state index is -0.117. The van der Waals surface area contributed by atoms with Crippen LogP contribution in [0, 0.1) is 6.92 Å². The zero-order valence-corrected chi connectivity index (χ0v) is 5.79. The lowest BCUT2D eigenvalue weighted by atomic mass is 10.3. The Morgan fingerprint density at radius 2 is 1.80 bits per heavy atom. The largest absolute Gasteiger partial charge is 0.396 e. The molecule has 0 aliphatic rings. The second kappa shape index (κ2) is 2.52. The van der Waals surface area contributed by atoms with Gasteiger partial charge in [0.2, 0.25) is 5.43 Å². The standard InChI is InChI=1S/C8H9NO/c1-6-2-4-7(9)8(10)5-3-6/h2-5H,1H3,(H2,9,10). The van der Waals surface area contributed by atoms with E-state index in [1.807, 2.05) is 13.0 Å². The van der Waals surface area contributed by atoms with Crippen molar-refractivity contribution < 1.29 is 0 Å². The van der Waals surface area contributed by atoms with E-state index >= 15 is 0 Å². The van der Waals surface area contributed by atoms with Crippen LogP contribution in [0.1, 0.15) is 5.56 Å². The molecule has 1 rings (SSSR count). The Morgan fingerprint density at radius 3 is 2.50 bits per heavy atom. The zero-order valence-electron chi connectivity index (χ0n) is 5.79. The minimum absolute atomic E-state index is 0.117. The summed E-state index contributed by atoms with van der Waals surface area (Å²) in [6, 6.07) is 6.66. The van der Waals surface area contributed by atoms with Gasteiger partial charge in [0.25, 0.3) is 0 Å². The van der Waals surface area contributed by atoms with Crippen molar-refractivity contribution in [2.75, 3.05) is 5.73 Å². The Hall–Kier alpha value is -1.31. The van der Waals surface area contributed by atoms with E-state index < -0.39 is 0 Å². The molecule has 2 N–H and O–H groups in total. The quantitative estimate of drug-likeness (QED) is 0.575. The molecule has 0 saturated heterocycles. The maximum absolute atomic E-state index is 10.8. The molecule has 0 radical (unpaired) electrons. The zero-order chi connectivity index (χ0) is 7.56. The molecule has 1 aromatic carbocycles. The SMILES string of the molecule is Cc1ccc(N)c(=O)cc1. The van der Waals surface area contributed by atoms with Crippen LogP contribution < -0.4 is 11.2 Å². The molecule has 0 atom stereocenters. The van der Waals surface area contributed by atoms with E-state index in [-0.39, 0.29) is 5.43 Å². The van der Waals surface area contributed by atoms with Gasteiger partial charge in [0, 0.05) is 0 Å². The number of anilines is 1. The highest BCUT2D eigenvalue weighted by atomic mass is 16.1. The third kappa shape index (κ3) is 1.35. The fourth-order valence-electron chi connectivity index (χ4n) is 0.662. The molecule has 0 aliphatic heterocycles. The van der Waals surface area contributed by atoms with Gasteiger partial charge in [-0.05, 0) is 19.1 Å². The van der Waals surface area contributed by atoms with Gasteiger partial charge in [-0.1, -0.05) is 17.7 Å². The van der Waals surface area contributed by atoms with Crippen LogP contribution in [0.15, 0.2) is 29.1 Å². The van der Waals surface area contributed by atoms with Crippen molar-refractivity contribution in [2.45, 2.75) is 6.92 Å². The Labute approximate surface area is 59.3 Å². The van der Waals surface area contributed by atoms with Gasteiger partial charge in [0.05, 0.1) is 5.69 Å². The summed E-state index contributed by atoms with van der Waals surface area (Å²) in [5, 5.41) is 0. The van der Waals surface area contributed by atoms with E-state index in [1.54, 1.807) is 12.1 Å². The third-order valence-electron chi connectivity index (χ3n) is 1.31. The first kappa shape index (κ1) is 6.81. The van der Waals surface area contributed by atoms with Crippen molar-refractivity contribution in [3.63, 3.8) is 0 Å². The van der Waals surface area contributed by atoms with Crippen molar-refractivity contribution in [3.05, 3.63) is 40.1 Å². The summed E-state index contributed by atoms with van der Waals surface area (Å²) < 4.78 is 0. The van der Waals surface area contributed by atoms with Gasteiger partial charge in [-0.3, -0.25) is 4.79 Å². The van der Waals surface area contributed by atoms with Crippen molar-refractivity contribution in [2.24, 2.45) is 0 Å². The summed E-state index contributed by atoms with van der Waals surface area (Å²) in [7, 11) is 0. The molecule has 0 aliphatic carbocycles. The highest BCUT2D eigenvalue weighted by Gasteiger charge is 1.87. The van der Waals surface area contributed by atoms with Gasteiger partial charge >= 0.3 is 0 Å². The Morgan fingerprint density at radius 1 is 1.20 bits per heavy atom. The maximum atomic E-state index is 10.8. The molecule has 0 saturated carbocycles. The van der Waals surface area contributed by atoms with Crippen LogP contribution in [-0.2, 0) is 0 Å². The molecular formula is C8H9NO. The number of aryl methyl sites for hydroxylation is 1. The maximum Gasteiger partial charge on any atom is 0.201 e. The third-order valence-corrected chi connectivity index (χ3v) is 1.31. The molecule has 52 valence electrons. The van der Waals surface area contributed by atoms with Gasteiger partial charge < -0.3 is 5.73 Å². The van der Waals surface area contributed by atoms with Gasteiger partial charge in [0.15, 0.2) is 0 Å². The van der Waals surface area contributed by atoms with Gasteiger partial charge in [0.1, 0.15) is 0 Å². The van der Waals surface area contributed by atoms with E-state index in [2.05, 4.69) is 0 Å². The van der Waals surface area contributed by atoms with Gasteiger partial charge in [-0.25, -0.2) is 0 Å². The van der Waals surface area contributed by atoms with Crippen molar-refractivity contribution in [1.29, 1.82) is 0 Å². The number of hydrogen-bond acceptors (Lipinski definition) is 2. The van der Waals surface area contributed by atoms with Crippen LogP contribution in [-0.4, -0.2) is 0 Å². The van der Waals surface area contributed by atoms with Gasteiger partial charge in [-0.2, -0.15) is 0 Å². The molecule has 2 heteroatoms.